The summed E-state index contributed by atoms with van der Waals surface area (Å²) in [7, 11) is 3.97. The van der Waals surface area contributed by atoms with E-state index in [0.29, 0.717) is 6.04 Å². The van der Waals surface area contributed by atoms with Crippen LogP contribution in [0.5, 0.6) is 0 Å². The largest absolute Gasteiger partial charge is 0.370 e. The maximum absolute atomic E-state index is 3.51. The van der Waals surface area contributed by atoms with Gasteiger partial charge in [-0.3, -0.25) is 0 Å². The number of benzene rings is 2. The van der Waals surface area contributed by atoms with Crippen LogP contribution in [0.3, 0.4) is 0 Å². The molecule has 0 spiro atoms. The summed E-state index contributed by atoms with van der Waals surface area (Å²) in [5, 5.41) is 13.5. The number of rotatable bonds is 8. The maximum Gasteiger partial charge on any atom is 0.0780 e. The molecule has 2 rings (SSSR count). The lowest BCUT2D eigenvalue weighted by atomic mass is 10.2. The van der Waals surface area contributed by atoms with Crippen LogP contribution in [0, 0.1) is 0 Å². The van der Waals surface area contributed by atoms with E-state index in [2.05, 4.69) is 64.6 Å². The van der Waals surface area contributed by atoms with Crippen LogP contribution in [0.1, 0.15) is 13.3 Å². The van der Waals surface area contributed by atoms with Gasteiger partial charge in [0, 0.05) is 23.1 Å². The highest BCUT2D eigenvalue weighted by atomic mass is 15.1. The third-order valence-electron chi connectivity index (χ3n) is 3.72. The van der Waals surface area contributed by atoms with Crippen LogP contribution in [0.15, 0.2) is 54.6 Å². The van der Waals surface area contributed by atoms with Crippen molar-refractivity contribution in [3.8, 4) is 0 Å². The van der Waals surface area contributed by atoms with E-state index in [4.69, 9.17) is 0 Å². The van der Waals surface area contributed by atoms with Crippen molar-refractivity contribution in [3.63, 3.8) is 0 Å². The lowest BCUT2D eigenvalue weighted by Crippen LogP contribution is -2.39. The SMILES string of the molecule is CNC(C)CC(NC)Nc1ccc(Nc2ccccc2)cc1. The highest BCUT2D eigenvalue weighted by Crippen LogP contribution is 2.19. The Hall–Kier alpha value is -2.04. The van der Waals surface area contributed by atoms with Crippen LogP contribution in [0.25, 0.3) is 0 Å². The molecule has 0 amide bonds. The zero-order chi connectivity index (χ0) is 15.8. The van der Waals surface area contributed by atoms with Crippen molar-refractivity contribution in [2.75, 3.05) is 24.7 Å². The first-order chi connectivity index (χ1) is 10.7. The summed E-state index contributed by atoms with van der Waals surface area (Å²) in [6, 6.07) is 19.0. The molecular formula is C18H26N4. The number of hydrogen-bond acceptors (Lipinski definition) is 4. The predicted molar refractivity (Wildman–Crippen MR) is 95.8 cm³/mol. The Morgan fingerprint density at radius 1 is 0.773 bits per heavy atom. The summed E-state index contributed by atoms with van der Waals surface area (Å²) < 4.78 is 0. The second kappa shape index (κ2) is 8.41. The van der Waals surface area contributed by atoms with E-state index in [1.807, 2.05) is 32.3 Å². The minimum atomic E-state index is 0.246. The monoisotopic (exact) mass is 298 g/mol. The lowest BCUT2D eigenvalue weighted by molar-refractivity contribution is 0.477. The summed E-state index contributed by atoms with van der Waals surface area (Å²) in [6.07, 6.45) is 1.26. The standard InChI is InChI=1S/C18H26N4/c1-14(19-2)13-18(20-3)22-17-11-9-16(10-12-17)21-15-7-5-4-6-8-15/h4-12,14,18-22H,13H2,1-3H3. The first-order valence-electron chi connectivity index (χ1n) is 7.74. The van der Waals surface area contributed by atoms with E-state index in [1.54, 1.807) is 0 Å². The normalized spacial score (nSPS) is 13.4. The molecule has 118 valence electrons. The quantitative estimate of drug-likeness (QED) is 0.564. The van der Waals surface area contributed by atoms with Crippen molar-refractivity contribution < 1.29 is 0 Å². The Labute approximate surface area is 133 Å². The molecule has 0 heterocycles. The van der Waals surface area contributed by atoms with Gasteiger partial charge < -0.3 is 21.3 Å². The third-order valence-corrected chi connectivity index (χ3v) is 3.72. The van der Waals surface area contributed by atoms with E-state index in [-0.39, 0.29) is 6.17 Å². The second-order valence-electron chi connectivity index (χ2n) is 5.48. The van der Waals surface area contributed by atoms with Gasteiger partial charge in [0.1, 0.15) is 0 Å². The molecule has 0 bridgehead atoms. The minimum absolute atomic E-state index is 0.246. The molecule has 2 atom stereocenters. The number of hydrogen-bond donors (Lipinski definition) is 4. The van der Waals surface area contributed by atoms with Gasteiger partial charge in [-0.15, -0.1) is 0 Å². The molecule has 4 nitrogen and oxygen atoms in total. The van der Waals surface area contributed by atoms with Gasteiger partial charge in [-0.2, -0.15) is 0 Å². The van der Waals surface area contributed by atoms with Gasteiger partial charge in [-0.05, 0) is 63.8 Å². The Bertz CT molecular complexity index is 539. The average Bonchev–Trinajstić information content (AvgIpc) is 2.56. The van der Waals surface area contributed by atoms with Crippen molar-refractivity contribution in [1.29, 1.82) is 0 Å². The number of nitrogens with one attached hydrogen (secondary N) is 4. The number of anilines is 3. The zero-order valence-corrected chi connectivity index (χ0v) is 13.6. The molecule has 2 unspecified atom stereocenters. The van der Waals surface area contributed by atoms with Gasteiger partial charge in [0.2, 0.25) is 0 Å². The molecule has 0 aliphatic heterocycles. The highest BCUT2D eigenvalue weighted by Gasteiger charge is 2.09. The van der Waals surface area contributed by atoms with Gasteiger partial charge in [0.05, 0.1) is 6.17 Å². The summed E-state index contributed by atoms with van der Waals surface area (Å²) in [5.74, 6) is 0. The Balaban J connectivity index is 1.93. The minimum Gasteiger partial charge on any atom is -0.370 e. The van der Waals surface area contributed by atoms with Crippen LogP contribution in [0.4, 0.5) is 17.1 Å². The van der Waals surface area contributed by atoms with Gasteiger partial charge in [-0.1, -0.05) is 18.2 Å². The fraction of sp³-hybridized carbons (Fsp3) is 0.333. The summed E-state index contributed by atoms with van der Waals surface area (Å²) in [4.78, 5) is 0. The third kappa shape index (κ3) is 5.06. The van der Waals surface area contributed by atoms with Crippen LogP contribution >= 0.6 is 0 Å². The van der Waals surface area contributed by atoms with E-state index >= 15 is 0 Å². The Morgan fingerprint density at radius 3 is 1.95 bits per heavy atom. The number of para-hydroxylation sites is 1. The second-order valence-corrected chi connectivity index (χ2v) is 5.48. The van der Waals surface area contributed by atoms with Gasteiger partial charge in [0.15, 0.2) is 0 Å². The van der Waals surface area contributed by atoms with Crippen molar-refractivity contribution >= 4 is 17.1 Å². The smallest absolute Gasteiger partial charge is 0.0780 e. The molecule has 4 N–H and O–H groups in total. The van der Waals surface area contributed by atoms with Crippen molar-refractivity contribution in [2.24, 2.45) is 0 Å². The van der Waals surface area contributed by atoms with Crippen molar-refractivity contribution in [3.05, 3.63) is 54.6 Å². The van der Waals surface area contributed by atoms with Crippen LogP contribution < -0.4 is 21.3 Å². The Kier molecular flexibility index (Phi) is 6.25. The zero-order valence-electron chi connectivity index (χ0n) is 13.6. The molecule has 0 aromatic heterocycles. The van der Waals surface area contributed by atoms with E-state index in [9.17, 15) is 0 Å². The van der Waals surface area contributed by atoms with E-state index < -0.39 is 0 Å². The highest BCUT2D eigenvalue weighted by molar-refractivity contribution is 5.62. The summed E-state index contributed by atoms with van der Waals surface area (Å²) in [5.41, 5.74) is 3.29. The molecule has 0 aliphatic rings. The van der Waals surface area contributed by atoms with Crippen LogP contribution in [-0.4, -0.2) is 26.3 Å². The van der Waals surface area contributed by atoms with E-state index in [0.717, 1.165) is 23.5 Å². The summed E-state index contributed by atoms with van der Waals surface area (Å²) in [6.45, 7) is 2.18. The van der Waals surface area contributed by atoms with Crippen molar-refractivity contribution in [1.82, 2.24) is 10.6 Å². The molecule has 0 fully saturated rings. The topological polar surface area (TPSA) is 48.1 Å². The van der Waals surface area contributed by atoms with Crippen LogP contribution in [0.2, 0.25) is 0 Å². The predicted octanol–water partition coefficient (Wildman–Crippen LogP) is 3.39. The van der Waals surface area contributed by atoms with Crippen molar-refractivity contribution in [2.45, 2.75) is 25.6 Å². The van der Waals surface area contributed by atoms with E-state index in [1.165, 1.54) is 0 Å². The molecule has 0 radical (unpaired) electrons. The van der Waals surface area contributed by atoms with Gasteiger partial charge in [-0.25, -0.2) is 0 Å². The lowest BCUT2D eigenvalue weighted by Gasteiger charge is -2.22. The molecule has 0 aliphatic carbocycles. The molecule has 22 heavy (non-hydrogen) atoms. The molecule has 2 aromatic carbocycles. The summed E-state index contributed by atoms with van der Waals surface area (Å²) >= 11 is 0. The average molecular weight is 298 g/mol. The Morgan fingerprint density at radius 2 is 1.36 bits per heavy atom. The van der Waals surface area contributed by atoms with Gasteiger partial charge in [0.25, 0.3) is 0 Å². The maximum atomic E-state index is 3.51. The molecule has 4 heteroatoms. The van der Waals surface area contributed by atoms with Gasteiger partial charge >= 0.3 is 0 Å². The van der Waals surface area contributed by atoms with Crippen LogP contribution in [-0.2, 0) is 0 Å². The fourth-order valence-electron chi connectivity index (χ4n) is 2.26. The first-order valence-corrected chi connectivity index (χ1v) is 7.74. The molecule has 0 saturated heterocycles. The molecule has 0 saturated carbocycles. The molecule has 2 aromatic rings. The fourth-order valence-corrected chi connectivity index (χ4v) is 2.26. The first kappa shape index (κ1) is 16.3. The molecular weight excluding hydrogens is 272 g/mol.